The van der Waals surface area contributed by atoms with Crippen molar-refractivity contribution in [1.82, 2.24) is 19.2 Å². The van der Waals surface area contributed by atoms with Crippen molar-refractivity contribution in [1.29, 1.82) is 0 Å². The maximum absolute atomic E-state index is 13.2. The summed E-state index contributed by atoms with van der Waals surface area (Å²) >= 11 is 0. The molecule has 26 heavy (non-hydrogen) atoms. The van der Waals surface area contributed by atoms with Crippen LogP contribution >= 0.6 is 0 Å². The van der Waals surface area contributed by atoms with Crippen LogP contribution in [0.25, 0.3) is 0 Å². The minimum atomic E-state index is 0.123. The van der Waals surface area contributed by atoms with E-state index in [2.05, 4.69) is 17.2 Å². The molecule has 5 heteroatoms. The van der Waals surface area contributed by atoms with Crippen molar-refractivity contribution in [3.05, 3.63) is 77.9 Å². The Balaban J connectivity index is 1.51. The quantitative estimate of drug-likeness (QED) is 0.710. The normalized spacial score (nSPS) is 17.0. The lowest BCUT2D eigenvalue weighted by Crippen LogP contribution is -2.39. The lowest BCUT2D eigenvalue weighted by atomic mass is 10.2. The SMILES string of the molecule is Cc1cnn(CC2CCCN2C(=O)c2cccn2Cc2ccccc2)c1. The molecule has 0 aliphatic carbocycles. The average molecular weight is 348 g/mol. The molecular formula is C21H24N4O. The molecule has 2 aromatic heterocycles. The summed E-state index contributed by atoms with van der Waals surface area (Å²) in [7, 11) is 0. The molecule has 1 aliphatic heterocycles. The van der Waals surface area contributed by atoms with Gasteiger partial charge in [0.05, 0.1) is 18.8 Å². The number of hydrogen-bond acceptors (Lipinski definition) is 2. The number of benzene rings is 1. The standard InChI is InChI=1S/C21H24N4O/c1-17-13-22-24(14-17)16-19-9-5-12-25(19)21(26)20-10-6-11-23(20)15-18-7-3-2-4-8-18/h2-4,6-8,10-11,13-14,19H,5,9,12,15-16H2,1H3. The Bertz CT molecular complexity index is 880. The van der Waals surface area contributed by atoms with Crippen molar-refractivity contribution >= 4 is 5.91 Å². The molecule has 134 valence electrons. The smallest absolute Gasteiger partial charge is 0.270 e. The number of carbonyl (C=O) groups is 1. The monoisotopic (exact) mass is 348 g/mol. The number of carbonyl (C=O) groups excluding carboxylic acids is 1. The Labute approximate surface area is 153 Å². The highest BCUT2D eigenvalue weighted by Crippen LogP contribution is 2.22. The van der Waals surface area contributed by atoms with E-state index in [0.29, 0.717) is 6.54 Å². The fraction of sp³-hybridized carbons (Fsp3) is 0.333. The highest BCUT2D eigenvalue weighted by Gasteiger charge is 2.31. The zero-order valence-corrected chi connectivity index (χ0v) is 15.1. The van der Waals surface area contributed by atoms with E-state index < -0.39 is 0 Å². The lowest BCUT2D eigenvalue weighted by molar-refractivity contribution is 0.0711. The van der Waals surface area contributed by atoms with Gasteiger partial charge in [0.1, 0.15) is 5.69 Å². The van der Waals surface area contributed by atoms with Crippen LogP contribution in [0.1, 0.15) is 34.5 Å². The molecule has 4 rings (SSSR count). The van der Waals surface area contributed by atoms with E-state index in [1.807, 2.05) is 70.0 Å². The van der Waals surface area contributed by atoms with Gasteiger partial charge in [0.15, 0.2) is 0 Å². The largest absolute Gasteiger partial charge is 0.339 e. The number of nitrogens with zero attached hydrogens (tertiary/aromatic N) is 4. The van der Waals surface area contributed by atoms with Crippen LogP contribution in [-0.4, -0.2) is 37.7 Å². The van der Waals surface area contributed by atoms with E-state index in [1.165, 1.54) is 5.56 Å². The summed E-state index contributed by atoms with van der Waals surface area (Å²) in [5, 5.41) is 4.38. The summed E-state index contributed by atoms with van der Waals surface area (Å²) in [6.45, 7) is 4.34. The molecule has 1 unspecified atom stereocenters. The van der Waals surface area contributed by atoms with Crippen LogP contribution in [0.4, 0.5) is 0 Å². The summed E-state index contributed by atoms with van der Waals surface area (Å²) in [5.41, 5.74) is 3.11. The fourth-order valence-corrected chi connectivity index (χ4v) is 3.75. The van der Waals surface area contributed by atoms with Gasteiger partial charge in [-0.05, 0) is 43.0 Å². The van der Waals surface area contributed by atoms with Crippen LogP contribution in [0.2, 0.25) is 0 Å². The van der Waals surface area contributed by atoms with Gasteiger partial charge in [-0.25, -0.2) is 0 Å². The maximum Gasteiger partial charge on any atom is 0.270 e. The molecule has 0 N–H and O–H groups in total. The van der Waals surface area contributed by atoms with Gasteiger partial charge in [0.2, 0.25) is 0 Å². The maximum atomic E-state index is 13.2. The Morgan fingerprint density at radius 3 is 2.81 bits per heavy atom. The number of amides is 1. The molecule has 1 fully saturated rings. The first-order valence-electron chi connectivity index (χ1n) is 9.20. The molecular weight excluding hydrogens is 324 g/mol. The first kappa shape index (κ1) is 16.6. The summed E-state index contributed by atoms with van der Waals surface area (Å²) in [6, 6.07) is 14.3. The number of likely N-dealkylation sites (tertiary alicyclic amines) is 1. The molecule has 3 aromatic rings. The Hall–Kier alpha value is -2.82. The van der Waals surface area contributed by atoms with Gasteiger partial charge in [0, 0.05) is 25.5 Å². The average Bonchev–Trinajstić information content (AvgIpc) is 3.38. The van der Waals surface area contributed by atoms with Crippen LogP contribution < -0.4 is 0 Å². The second-order valence-corrected chi connectivity index (χ2v) is 7.04. The first-order valence-corrected chi connectivity index (χ1v) is 9.20. The third-order valence-corrected chi connectivity index (χ3v) is 5.04. The summed E-state index contributed by atoms with van der Waals surface area (Å²) in [5.74, 6) is 0.123. The predicted molar refractivity (Wildman–Crippen MR) is 101 cm³/mol. The van der Waals surface area contributed by atoms with E-state index >= 15 is 0 Å². The van der Waals surface area contributed by atoms with Crippen LogP contribution in [0.5, 0.6) is 0 Å². The van der Waals surface area contributed by atoms with Gasteiger partial charge >= 0.3 is 0 Å². The summed E-state index contributed by atoms with van der Waals surface area (Å²) in [6.07, 6.45) is 7.98. The van der Waals surface area contributed by atoms with E-state index in [4.69, 9.17) is 0 Å². The van der Waals surface area contributed by atoms with Gasteiger partial charge in [-0.3, -0.25) is 9.48 Å². The number of hydrogen-bond donors (Lipinski definition) is 0. The third-order valence-electron chi connectivity index (χ3n) is 5.04. The molecule has 5 nitrogen and oxygen atoms in total. The van der Waals surface area contributed by atoms with Gasteiger partial charge in [-0.15, -0.1) is 0 Å². The Morgan fingerprint density at radius 1 is 1.19 bits per heavy atom. The highest BCUT2D eigenvalue weighted by molar-refractivity contribution is 5.93. The molecule has 0 radical (unpaired) electrons. The van der Waals surface area contributed by atoms with Crippen molar-refractivity contribution in [3.63, 3.8) is 0 Å². The lowest BCUT2D eigenvalue weighted by Gasteiger charge is -2.25. The van der Waals surface area contributed by atoms with Crippen LogP contribution in [-0.2, 0) is 13.1 Å². The summed E-state index contributed by atoms with van der Waals surface area (Å²) in [4.78, 5) is 15.2. The molecule has 1 atom stereocenters. The second kappa shape index (κ2) is 7.20. The highest BCUT2D eigenvalue weighted by atomic mass is 16.2. The van der Waals surface area contributed by atoms with Crippen LogP contribution in [0.15, 0.2) is 61.1 Å². The molecule has 0 spiro atoms. The van der Waals surface area contributed by atoms with E-state index in [-0.39, 0.29) is 11.9 Å². The topological polar surface area (TPSA) is 43.1 Å². The molecule has 0 saturated carbocycles. The molecule has 3 heterocycles. The van der Waals surface area contributed by atoms with Gasteiger partial charge in [0.25, 0.3) is 5.91 Å². The van der Waals surface area contributed by atoms with E-state index in [1.54, 1.807) is 0 Å². The van der Waals surface area contributed by atoms with Crippen LogP contribution in [0, 0.1) is 6.92 Å². The minimum Gasteiger partial charge on any atom is -0.339 e. The van der Waals surface area contributed by atoms with Crippen molar-refractivity contribution < 1.29 is 4.79 Å². The molecule has 1 amide bonds. The third kappa shape index (κ3) is 3.43. The van der Waals surface area contributed by atoms with Crippen molar-refractivity contribution in [2.24, 2.45) is 0 Å². The zero-order chi connectivity index (χ0) is 17.9. The summed E-state index contributed by atoms with van der Waals surface area (Å²) < 4.78 is 4.00. The number of aryl methyl sites for hydroxylation is 1. The van der Waals surface area contributed by atoms with Gasteiger partial charge < -0.3 is 9.47 Å². The van der Waals surface area contributed by atoms with Crippen molar-refractivity contribution in [2.75, 3.05) is 6.54 Å². The fourth-order valence-electron chi connectivity index (χ4n) is 3.75. The first-order chi connectivity index (χ1) is 12.7. The minimum absolute atomic E-state index is 0.123. The predicted octanol–water partition coefficient (Wildman–Crippen LogP) is 3.35. The number of aromatic nitrogens is 3. The molecule has 0 bridgehead atoms. The molecule has 1 aromatic carbocycles. The van der Waals surface area contributed by atoms with E-state index in [9.17, 15) is 4.79 Å². The number of rotatable bonds is 5. The second-order valence-electron chi connectivity index (χ2n) is 7.04. The molecule has 1 saturated heterocycles. The zero-order valence-electron chi connectivity index (χ0n) is 15.1. The van der Waals surface area contributed by atoms with Gasteiger partial charge in [-0.2, -0.15) is 5.10 Å². The molecule has 1 aliphatic rings. The Kier molecular flexibility index (Phi) is 4.61. The van der Waals surface area contributed by atoms with Crippen LogP contribution in [0.3, 0.4) is 0 Å². The van der Waals surface area contributed by atoms with E-state index in [0.717, 1.165) is 37.2 Å². The van der Waals surface area contributed by atoms with Gasteiger partial charge in [-0.1, -0.05) is 30.3 Å². The Morgan fingerprint density at radius 2 is 2.04 bits per heavy atom. The van der Waals surface area contributed by atoms with Crippen molar-refractivity contribution in [3.8, 4) is 0 Å². The van der Waals surface area contributed by atoms with Crippen molar-refractivity contribution in [2.45, 2.75) is 38.9 Å².